The Morgan fingerprint density at radius 2 is 2.18 bits per heavy atom. The summed E-state index contributed by atoms with van der Waals surface area (Å²) < 4.78 is 35.9. The van der Waals surface area contributed by atoms with E-state index in [4.69, 9.17) is 4.52 Å². The Labute approximate surface area is 169 Å². The molecule has 0 amide bonds. The van der Waals surface area contributed by atoms with Crippen LogP contribution in [-0.2, 0) is 16.6 Å². The van der Waals surface area contributed by atoms with Gasteiger partial charge in [0.25, 0.3) is 0 Å². The largest absolute Gasteiger partial charge is 0.355 e. The van der Waals surface area contributed by atoms with Crippen LogP contribution >= 0.6 is 11.3 Å². The number of rotatable bonds is 5. The molecule has 3 aromatic heterocycles. The van der Waals surface area contributed by atoms with Gasteiger partial charge in [-0.15, -0.1) is 11.3 Å². The van der Waals surface area contributed by atoms with Gasteiger partial charge in [-0.05, 0) is 38.1 Å². The van der Waals surface area contributed by atoms with Gasteiger partial charge in [-0.3, -0.25) is 4.68 Å². The first-order chi connectivity index (χ1) is 13.5. The van der Waals surface area contributed by atoms with Gasteiger partial charge in [0.2, 0.25) is 10.0 Å². The molecular weight excluding hydrogens is 396 g/mol. The van der Waals surface area contributed by atoms with E-state index in [1.807, 2.05) is 30.5 Å². The minimum absolute atomic E-state index is 0.281. The van der Waals surface area contributed by atoms with Crippen LogP contribution in [0.15, 0.2) is 39.2 Å². The van der Waals surface area contributed by atoms with E-state index >= 15 is 0 Å². The highest BCUT2D eigenvalue weighted by molar-refractivity contribution is 7.89. The van der Waals surface area contributed by atoms with Crippen LogP contribution in [0.25, 0.3) is 10.6 Å². The average Bonchev–Trinajstić information content (AvgIpc) is 3.39. The topological polar surface area (TPSA) is 81.2 Å². The molecule has 0 unspecified atom stereocenters. The summed E-state index contributed by atoms with van der Waals surface area (Å²) in [5.41, 5.74) is 1.21. The maximum absolute atomic E-state index is 13.5. The Hall–Kier alpha value is -1.97. The minimum Gasteiger partial charge on any atom is -0.355 e. The van der Waals surface area contributed by atoms with Crippen molar-refractivity contribution in [1.29, 1.82) is 0 Å². The maximum Gasteiger partial charge on any atom is 0.247 e. The van der Waals surface area contributed by atoms with Crippen molar-refractivity contribution < 1.29 is 12.9 Å². The monoisotopic (exact) mass is 420 g/mol. The second-order valence-corrected chi connectivity index (χ2v) is 9.82. The SMILES string of the molecule is CCn1cc(S(=O)(=O)N2CCCCC[C@H]2c2cc(-c3cccs3)on2)c(C)n1. The molecule has 1 aliphatic rings. The first-order valence-electron chi connectivity index (χ1n) is 9.57. The van der Waals surface area contributed by atoms with Gasteiger partial charge < -0.3 is 4.52 Å². The zero-order valence-corrected chi connectivity index (χ0v) is 17.7. The van der Waals surface area contributed by atoms with E-state index in [1.165, 1.54) is 0 Å². The lowest BCUT2D eigenvalue weighted by Crippen LogP contribution is -2.35. The zero-order valence-electron chi connectivity index (χ0n) is 16.0. The van der Waals surface area contributed by atoms with Crippen molar-refractivity contribution in [2.24, 2.45) is 0 Å². The molecule has 0 bridgehead atoms. The van der Waals surface area contributed by atoms with Crippen molar-refractivity contribution in [3.8, 4) is 10.6 Å². The number of hydrogen-bond donors (Lipinski definition) is 0. The number of hydrogen-bond acceptors (Lipinski definition) is 6. The molecule has 0 saturated carbocycles. The van der Waals surface area contributed by atoms with Crippen LogP contribution in [0.3, 0.4) is 0 Å². The van der Waals surface area contributed by atoms with Gasteiger partial charge in [0, 0.05) is 25.4 Å². The molecule has 4 heterocycles. The molecule has 28 heavy (non-hydrogen) atoms. The molecule has 1 aliphatic heterocycles. The highest BCUT2D eigenvalue weighted by atomic mass is 32.2. The van der Waals surface area contributed by atoms with E-state index in [2.05, 4.69) is 10.3 Å². The van der Waals surface area contributed by atoms with Gasteiger partial charge in [0.15, 0.2) is 5.76 Å². The van der Waals surface area contributed by atoms with Gasteiger partial charge in [-0.2, -0.15) is 9.40 Å². The predicted octanol–water partition coefficient (Wildman–Crippen LogP) is 4.23. The summed E-state index contributed by atoms with van der Waals surface area (Å²) in [5.74, 6) is 0.682. The van der Waals surface area contributed by atoms with Gasteiger partial charge >= 0.3 is 0 Å². The lowest BCUT2D eigenvalue weighted by atomic mass is 10.1. The lowest BCUT2D eigenvalue weighted by Gasteiger charge is -2.27. The summed E-state index contributed by atoms with van der Waals surface area (Å²) in [6.45, 7) is 4.80. The lowest BCUT2D eigenvalue weighted by molar-refractivity contribution is 0.308. The fourth-order valence-corrected chi connectivity index (χ4v) is 6.20. The number of sulfonamides is 1. The number of nitrogens with zero attached hydrogens (tertiary/aromatic N) is 4. The molecule has 1 atom stereocenters. The maximum atomic E-state index is 13.5. The van der Waals surface area contributed by atoms with Crippen molar-refractivity contribution in [1.82, 2.24) is 19.2 Å². The molecule has 7 nitrogen and oxygen atoms in total. The Kier molecular flexibility index (Phi) is 5.39. The Balaban J connectivity index is 1.72. The third kappa shape index (κ3) is 3.54. The molecule has 0 N–H and O–H groups in total. The zero-order chi connectivity index (χ0) is 19.7. The van der Waals surface area contributed by atoms with Gasteiger partial charge in [-0.25, -0.2) is 8.42 Å². The Morgan fingerprint density at radius 1 is 1.32 bits per heavy atom. The molecular formula is C19H24N4O3S2. The normalized spacial score (nSPS) is 19.0. The van der Waals surface area contributed by atoms with E-state index in [0.717, 1.165) is 30.6 Å². The van der Waals surface area contributed by atoms with E-state index in [-0.39, 0.29) is 10.9 Å². The number of aromatic nitrogens is 3. The number of aryl methyl sites for hydroxylation is 2. The van der Waals surface area contributed by atoms with Crippen molar-refractivity contribution in [3.63, 3.8) is 0 Å². The fraction of sp³-hybridized carbons (Fsp3) is 0.474. The van der Waals surface area contributed by atoms with Crippen LogP contribution < -0.4 is 0 Å². The van der Waals surface area contributed by atoms with Gasteiger partial charge in [-0.1, -0.05) is 24.1 Å². The Bertz CT molecular complexity index is 1040. The van der Waals surface area contributed by atoms with Gasteiger partial charge in [0.1, 0.15) is 10.6 Å². The second kappa shape index (κ2) is 7.81. The van der Waals surface area contributed by atoms with E-state index in [1.54, 1.807) is 33.4 Å². The van der Waals surface area contributed by atoms with E-state index < -0.39 is 10.0 Å². The van der Waals surface area contributed by atoms with Crippen molar-refractivity contribution in [2.75, 3.05) is 6.54 Å². The highest BCUT2D eigenvalue weighted by Gasteiger charge is 2.37. The van der Waals surface area contributed by atoms with E-state index in [9.17, 15) is 8.42 Å². The second-order valence-electron chi connectivity index (χ2n) is 7.01. The molecule has 0 radical (unpaired) electrons. The molecule has 1 saturated heterocycles. The quantitative estimate of drug-likeness (QED) is 0.617. The molecule has 0 spiro atoms. The number of thiophene rings is 1. The molecule has 0 aromatic carbocycles. The van der Waals surface area contributed by atoms with Crippen LogP contribution in [0.2, 0.25) is 0 Å². The van der Waals surface area contributed by atoms with Crippen molar-refractivity contribution in [3.05, 3.63) is 41.2 Å². The third-order valence-electron chi connectivity index (χ3n) is 5.15. The molecule has 150 valence electrons. The standard InChI is InChI=1S/C19H24N4O3S2/c1-3-22-13-19(14(2)20-22)28(24,25)23-10-6-4-5-8-16(23)15-12-17(26-21-15)18-9-7-11-27-18/h7,9,11-13,16H,3-6,8,10H2,1-2H3/t16-/m0/s1. The summed E-state index contributed by atoms with van der Waals surface area (Å²) in [7, 11) is -3.68. The summed E-state index contributed by atoms with van der Waals surface area (Å²) in [6, 6.07) is 5.49. The van der Waals surface area contributed by atoms with Crippen LogP contribution in [-0.4, -0.2) is 34.2 Å². The van der Waals surface area contributed by atoms with Crippen LogP contribution in [0, 0.1) is 6.92 Å². The molecule has 3 aromatic rings. The predicted molar refractivity (Wildman–Crippen MR) is 108 cm³/mol. The smallest absolute Gasteiger partial charge is 0.247 e. The summed E-state index contributed by atoms with van der Waals surface area (Å²) >= 11 is 1.57. The minimum atomic E-state index is -3.68. The molecule has 4 rings (SSSR count). The van der Waals surface area contributed by atoms with Crippen LogP contribution in [0.4, 0.5) is 0 Å². The summed E-state index contributed by atoms with van der Waals surface area (Å²) in [6.07, 6.45) is 5.17. The summed E-state index contributed by atoms with van der Waals surface area (Å²) in [4.78, 5) is 1.27. The fourth-order valence-electron chi connectivity index (χ4n) is 3.69. The van der Waals surface area contributed by atoms with E-state index in [0.29, 0.717) is 30.2 Å². The first kappa shape index (κ1) is 19.4. The van der Waals surface area contributed by atoms with Crippen LogP contribution in [0.1, 0.15) is 50.0 Å². The van der Waals surface area contributed by atoms with Crippen LogP contribution in [0.5, 0.6) is 0 Å². The van der Waals surface area contributed by atoms with Crippen molar-refractivity contribution in [2.45, 2.75) is 57.0 Å². The molecule has 0 aliphatic carbocycles. The van der Waals surface area contributed by atoms with Gasteiger partial charge in [0.05, 0.1) is 16.6 Å². The summed E-state index contributed by atoms with van der Waals surface area (Å²) in [5, 5.41) is 10.6. The molecule has 1 fully saturated rings. The average molecular weight is 421 g/mol. The highest BCUT2D eigenvalue weighted by Crippen LogP contribution is 2.36. The van der Waals surface area contributed by atoms with Crippen molar-refractivity contribution >= 4 is 21.4 Å². The Morgan fingerprint density at radius 3 is 2.89 bits per heavy atom. The third-order valence-corrected chi connectivity index (χ3v) is 8.05. The molecule has 9 heteroatoms. The first-order valence-corrected chi connectivity index (χ1v) is 11.9.